The van der Waals surface area contributed by atoms with Crippen LogP contribution >= 0.6 is 11.3 Å². The maximum atomic E-state index is 13.0. The number of rotatable bonds is 5. The molecule has 5 nitrogen and oxygen atoms in total. The van der Waals surface area contributed by atoms with Crippen molar-refractivity contribution in [3.63, 3.8) is 0 Å². The van der Waals surface area contributed by atoms with Crippen molar-refractivity contribution in [3.05, 3.63) is 15.9 Å². The molecule has 1 aromatic rings. The molecule has 0 aliphatic heterocycles. The van der Waals surface area contributed by atoms with E-state index in [2.05, 4.69) is 15.1 Å². The lowest BCUT2D eigenvalue weighted by Gasteiger charge is -2.54. The van der Waals surface area contributed by atoms with Crippen molar-refractivity contribution in [2.45, 2.75) is 113 Å². The fourth-order valence-electron chi connectivity index (χ4n) is 10.2. The van der Waals surface area contributed by atoms with E-state index in [-0.39, 0.29) is 17.0 Å². The van der Waals surface area contributed by atoms with Gasteiger partial charge < -0.3 is 4.57 Å². The van der Waals surface area contributed by atoms with Gasteiger partial charge in [-0.25, -0.2) is 0 Å². The van der Waals surface area contributed by atoms with Crippen molar-refractivity contribution in [1.29, 1.82) is 0 Å². The molecule has 0 atom stereocenters. The quantitative estimate of drug-likeness (QED) is 0.462. The number of azo groups is 1. The van der Waals surface area contributed by atoms with Crippen molar-refractivity contribution in [2.24, 2.45) is 50.7 Å². The summed E-state index contributed by atoms with van der Waals surface area (Å²) < 4.78 is 2.43. The Balaban J connectivity index is 1.04. The van der Waals surface area contributed by atoms with Gasteiger partial charge in [0.1, 0.15) is 0 Å². The van der Waals surface area contributed by atoms with Crippen molar-refractivity contribution in [1.82, 2.24) is 4.57 Å². The molecule has 1 amide bonds. The summed E-state index contributed by atoms with van der Waals surface area (Å²) >= 11 is 1.77. The summed E-state index contributed by atoms with van der Waals surface area (Å²) in [6, 6.07) is 0.543. The Morgan fingerprint density at radius 3 is 1.82 bits per heavy atom. The number of hydrogen-bond acceptors (Lipinski definition) is 4. The van der Waals surface area contributed by atoms with Gasteiger partial charge in [-0.05, 0) is 125 Å². The zero-order valence-electron chi connectivity index (χ0n) is 20.3. The standard InChI is InChI=1S/C28H38N4OS/c33-25(30-31-28-13-20-6-21(14-28)8-22(7-20)15-28)9-24-16-34-26(32(24)23-1-2-23)29-27-10-17-3-18(11-27)5-19(4-17)12-27/h16-23H,1-15H2. The Hall–Kier alpha value is -1.30. The first-order chi connectivity index (χ1) is 16.5. The second-order valence-electron chi connectivity index (χ2n) is 13.8. The topological polar surface area (TPSA) is 59.1 Å². The van der Waals surface area contributed by atoms with E-state index in [0.717, 1.165) is 41.2 Å². The molecule has 1 heterocycles. The predicted octanol–water partition coefficient (Wildman–Crippen LogP) is 6.24. The minimum Gasteiger partial charge on any atom is -0.317 e. The fourth-order valence-corrected chi connectivity index (χ4v) is 11.3. The second-order valence-corrected chi connectivity index (χ2v) is 14.6. The van der Waals surface area contributed by atoms with Gasteiger partial charge >= 0.3 is 0 Å². The molecule has 0 radical (unpaired) electrons. The molecule has 0 unspecified atom stereocenters. The number of carbonyl (C=O) groups excluding carboxylic acids is 1. The van der Waals surface area contributed by atoms with Crippen LogP contribution in [0.3, 0.4) is 0 Å². The van der Waals surface area contributed by atoms with E-state index < -0.39 is 0 Å². The summed E-state index contributed by atoms with van der Waals surface area (Å²) in [7, 11) is 0. The van der Waals surface area contributed by atoms with Crippen LogP contribution in [0.25, 0.3) is 0 Å². The minimum absolute atomic E-state index is 0.00940. The first-order valence-electron chi connectivity index (χ1n) is 14.2. The van der Waals surface area contributed by atoms with Gasteiger partial charge in [0.25, 0.3) is 5.91 Å². The molecule has 0 saturated heterocycles. The summed E-state index contributed by atoms with van der Waals surface area (Å²) in [5.41, 5.74) is 1.31. The highest BCUT2D eigenvalue weighted by Gasteiger charge is 2.52. The lowest BCUT2D eigenvalue weighted by atomic mass is 9.53. The lowest BCUT2D eigenvalue weighted by Crippen LogP contribution is -2.50. The van der Waals surface area contributed by atoms with Gasteiger partial charge in [0.15, 0.2) is 4.80 Å². The van der Waals surface area contributed by atoms with Crippen molar-refractivity contribution in [3.8, 4) is 0 Å². The Morgan fingerprint density at radius 1 is 0.824 bits per heavy atom. The van der Waals surface area contributed by atoms with E-state index in [9.17, 15) is 4.79 Å². The van der Waals surface area contributed by atoms with Crippen molar-refractivity contribution >= 4 is 17.2 Å². The highest BCUT2D eigenvalue weighted by Crippen LogP contribution is 2.58. The normalized spacial score (nSPS) is 46.8. The first-order valence-corrected chi connectivity index (χ1v) is 15.1. The average molecular weight is 479 g/mol. The monoisotopic (exact) mass is 478 g/mol. The number of nitrogens with zero attached hydrogens (tertiary/aromatic N) is 4. The summed E-state index contributed by atoms with van der Waals surface area (Å²) in [4.78, 5) is 19.7. The van der Waals surface area contributed by atoms with E-state index in [4.69, 9.17) is 10.1 Å². The summed E-state index contributed by atoms with van der Waals surface area (Å²) in [6.07, 6.45) is 18.8. The van der Waals surface area contributed by atoms with Crippen LogP contribution in [0.1, 0.15) is 102 Å². The van der Waals surface area contributed by atoms with Crippen LogP contribution in [-0.2, 0) is 11.2 Å². The maximum absolute atomic E-state index is 13.0. The van der Waals surface area contributed by atoms with Gasteiger partial charge in [-0.3, -0.25) is 9.79 Å². The second kappa shape index (κ2) is 7.36. The molecule has 9 fully saturated rings. The smallest absolute Gasteiger partial charge is 0.270 e. The molecule has 9 aliphatic carbocycles. The van der Waals surface area contributed by atoms with Crippen LogP contribution in [-0.4, -0.2) is 21.6 Å². The zero-order valence-corrected chi connectivity index (χ0v) is 21.1. The predicted molar refractivity (Wildman–Crippen MR) is 132 cm³/mol. The van der Waals surface area contributed by atoms with E-state index in [1.807, 2.05) is 0 Å². The van der Waals surface area contributed by atoms with E-state index in [0.29, 0.717) is 12.5 Å². The van der Waals surface area contributed by atoms with Gasteiger partial charge in [0.05, 0.1) is 17.5 Å². The Bertz CT molecular complexity index is 1040. The third-order valence-corrected chi connectivity index (χ3v) is 11.7. The van der Waals surface area contributed by atoms with Crippen LogP contribution in [0.2, 0.25) is 0 Å². The van der Waals surface area contributed by atoms with Gasteiger partial charge in [-0.2, -0.15) is 5.11 Å². The van der Waals surface area contributed by atoms with Gasteiger partial charge in [0.2, 0.25) is 0 Å². The molecule has 0 spiro atoms. The molecule has 34 heavy (non-hydrogen) atoms. The van der Waals surface area contributed by atoms with Gasteiger partial charge in [0, 0.05) is 17.1 Å². The lowest BCUT2D eigenvalue weighted by molar-refractivity contribution is -0.118. The molecule has 0 aromatic carbocycles. The molecule has 9 aliphatic rings. The maximum Gasteiger partial charge on any atom is 0.270 e. The fraction of sp³-hybridized carbons (Fsp3) is 0.857. The molecular weight excluding hydrogens is 440 g/mol. The number of hydrogen-bond donors (Lipinski definition) is 0. The Morgan fingerprint density at radius 2 is 1.32 bits per heavy atom. The van der Waals surface area contributed by atoms with E-state index >= 15 is 0 Å². The van der Waals surface area contributed by atoms with Crippen molar-refractivity contribution < 1.29 is 4.79 Å². The highest BCUT2D eigenvalue weighted by atomic mass is 32.1. The number of thiazole rings is 1. The average Bonchev–Trinajstić information content (AvgIpc) is 3.52. The van der Waals surface area contributed by atoms with Crippen LogP contribution in [0.4, 0.5) is 0 Å². The molecule has 8 bridgehead atoms. The molecular formula is C28H38N4OS. The third-order valence-electron chi connectivity index (χ3n) is 10.8. The van der Waals surface area contributed by atoms with Crippen LogP contribution < -0.4 is 4.80 Å². The minimum atomic E-state index is -0.0516. The molecule has 182 valence electrons. The highest BCUT2D eigenvalue weighted by molar-refractivity contribution is 7.07. The van der Waals surface area contributed by atoms with Crippen molar-refractivity contribution in [2.75, 3.05) is 0 Å². The van der Waals surface area contributed by atoms with Crippen LogP contribution in [0.15, 0.2) is 20.6 Å². The Kier molecular flexibility index (Phi) is 4.52. The molecule has 0 N–H and O–H groups in total. The van der Waals surface area contributed by atoms with E-state index in [1.165, 1.54) is 94.7 Å². The molecule has 10 rings (SSSR count). The number of amides is 1. The summed E-state index contributed by atoms with van der Waals surface area (Å²) in [5, 5.41) is 11.4. The summed E-state index contributed by atoms with van der Waals surface area (Å²) in [6.45, 7) is 0. The zero-order chi connectivity index (χ0) is 22.5. The largest absolute Gasteiger partial charge is 0.317 e. The van der Waals surface area contributed by atoms with Gasteiger partial charge in [-0.1, -0.05) is 0 Å². The van der Waals surface area contributed by atoms with Crippen LogP contribution in [0.5, 0.6) is 0 Å². The number of aromatic nitrogens is 1. The molecule has 9 saturated carbocycles. The Labute approximate surface area is 206 Å². The van der Waals surface area contributed by atoms with E-state index in [1.54, 1.807) is 11.3 Å². The molecule has 1 aromatic heterocycles. The first kappa shape index (κ1) is 20.8. The SMILES string of the molecule is O=C(Cc1csc(=NC23CC4CC(CC(C4)C2)C3)n1C1CC1)N=NC12CC3CC(CC(C3)C1)C2. The van der Waals surface area contributed by atoms with Gasteiger partial charge in [-0.15, -0.1) is 16.5 Å². The van der Waals surface area contributed by atoms with Crippen LogP contribution in [0, 0.1) is 35.5 Å². The third kappa shape index (κ3) is 3.52. The number of carbonyl (C=O) groups is 1. The summed E-state index contributed by atoms with van der Waals surface area (Å²) in [5.74, 6) is 5.19. The molecule has 6 heteroatoms.